The van der Waals surface area contributed by atoms with E-state index in [1.165, 1.54) is 5.56 Å². The smallest absolute Gasteiger partial charge is 0.354 e. The summed E-state index contributed by atoms with van der Waals surface area (Å²) >= 11 is 5.98. The molecule has 2 aromatic carbocycles. The highest BCUT2D eigenvalue weighted by Crippen LogP contribution is 2.30. The number of carboxylic acid groups (broad SMARTS) is 1. The van der Waals surface area contributed by atoms with Crippen molar-refractivity contribution >= 4 is 51.0 Å². The molecule has 1 unspecified atom stereocenters. The average molecular weight is 489 g/mol. The summed E-state index contributed by atoms with van der Waals surface area (Å²) in [6.07, 6.45) is 4.00. The number of benzene rings is 2. The molecule has 2 heterocycles. The van der Waals surface area contributed by atoms with E-state index in [9.17, 15) is 9.90 Å². The summed E-state index contributed by atoms with van der Waals surface area (Å²) in [4.78, 5) is 20.9. The van der Waals surface area contributed by atoms with E-state index >= 15 is 0 Å². The molecule has 0 saturated carbocycles. The zero-order chi connectivity index (χ0) is 23.7. The number of anilines is 1. The Morgan fingerprint density at radius 3 is 2.74 bits per heavy atom. The third kappa shape index (κ3) is 4.56. The number of aromatic nitrogens is 2. The number of thiazole rings is 1. The van der Waals surface area contributed by atoms with Gasteiger partial charge in [0.1, 0.15) is 0 Å². The third-order valence-electron chi connectivity index (χ3n) is 5.99. The van der Waals surface area contributed by atoms with Crippen LogP contribution in [0.4, 0.5) is 5.13 Å². The molecule has 0 aliphatic heterocycles. The lowest BCUT2D eigenvalue weighted by molar-refractivity contribution is 0.0689. The molecule has 8 heteroatoms. The monoisotopic (exact) mass is 488 g/mol. The molecule has 0 spiro atoms. The second kappa shape index (κ2) is 9.56. The minimum absolute atomic E-state index is 0.0429. The maximum atomic E-state index is 11.8. The number of aryl methyl sites for hydroxylation is 1. The van der Waals surface area contributed by atoms with E-state index in [-0.39, 0.29) is 10.9 Å². The highest BCUT2D eigenvalue weighted by Gasteiger charge is 2.19. The number of thiol groups is 1. The molecule has 0 saturated heterocycles. The van der Waals surface area contributed by atoms with Crippen LogP contribution in [-0.2, 0) is 6.42 Å². The molecule has 1 aliphatic carbocycles. The van der Waals surface area contributed by atoms with Crippen molar-refractivity contribution in [2.24, 2.45) is 5.10 Å². The minimum Gasteiger partial charge on any atom is -0.477 e. The van der Waals surface area contributed by atoms with Gasteiger partial charge in [0.2, 0.25) is 5.13 Å². The molecule has 0 radical (unpaired) electrons. The molecular formula is C26H24N4O2S2. The van der Waals surface area contributed by atoms with E-state index in [1.807, 2.05) is 37.3 Å². The number of aromatic carboxylic acids is 1. The summed E-state index contributed by atoms with van der Waals surface area (Å²) < 4.78 is 1.12. The summed E-state index contributed by atoms with van der Waals surface area (Å²) in [5, 5.41) is 15.0. The van der Waals surface area contributed by atoms with E-state index in [2.05, 4.69) is 46.2 Å². The van der Waals surface area contributed by atoms with Gasteiger partial charge in [-0.3, -0.25) is 5.43 Å². The van der Waals surface area contributed by atoms with Crippen LogP contribution in [0.5, 0.6) is 0 Å². The van der Waals surface area contributed by atoms with E-state index in [1.54, 1.807) is 17.4 Å². The van der Waals surface area contributed by atoms with Crippen molar-refractivity contribution in [2.45, 2.75) is 37.9 Å². The number of carboxylic acids is 1. The van der Waals surface area contributed by atoms with Gasteiger partial charge in [0.25, 0.3) is 0 Å². The molecule has 1 aliphatic rings. The van der Waals surface area contributed by atoms with Gasteiger partial charge in [-0.1, -0.05) is 41.7 Å². The van der Waals surface area contributed by atoms with Crippen LogP contribution in [0.1, 0.15) is 58.6 Å². The number of hydrogen-bond donors (Lipinski definition) is 3. The first-order valence-electron chi connectivity index (χ1n) is 11.2. The summed E-state index contributed by atoms with van der Waals surface area (Å²) in [7, 11) is 0. The van der Waals surface area contributed by atoms with Crippen LogP contribution in [0.3, 0.4) is 0 Å². The van der Waals surface area contributed by atoms with Crippen molar-refractivity contribution in [1.82, 2.24) is 9.97 Å². The lowest BCUT2D eigenvalue weighted by Crippen LogP contribution is -2.08. The van der Waals surface area contributed by atoms with Gasteiger partial charge >= 0.3 is 5.97 Å². The fourth-order valence-electron chi connectivity index (χ4n) is 4.26. The van der Waals surface area contributed by atoms with E-state index < -0.39 is 5.97 Å². The normalized spacial score (nSPS) is 15.6. The molecule has 34 heavy (non-hydrogen) atoms. The number of para-hydroxylation sites is 1. The molecule has 6 nitrogen and oxygen atoms in total. The second-order valence-corrected chi connectivity index (χ2v) is 10.2. The number of nitrogens with zero attached hydrogens (tertiary/aromatic N) is 3. The number of hydrogen-bond acceptors (Lipinski definition) is 7. The Balaban J connectivity index is 1.51. The average Bonchev–Trinajstić information content (AvgIpc) is 3.15. The quantitative estimate of drug-likeness (QED) is 0.168. The van der Waals surface area contributed by atoms with Crippen LogP contribution in [0.15, 0.2) is 59.7 Å². The van der Waals surface area contributed by atoms with E-state index in [0.717, 1.165) is 57.9 Å². The Labute approximate surface area is 207 Å². The van der Waals surface area contributed by atoms with Gasteiger partial charge in [0.15, 0.2) is 5.69 Å². The molecule has 0 amide bonds. The first kappa shape index (κ1) is 22.6. The predicted octanol–water partition coefficient (Wildman–Crippen LogP) is 6.59. The number of nitrogens with one attached hydrogen (secondary N) is 1. The van der Waals surface area contributed by atoms with Crippen LogP contribution < -0.4 is 5.43 Å². The molecular weight excluding hydrogens is 464 g/mol. The number of pyridine rings is 1. The summed E-state index contributed by atoms with van der Waals surface area (Å²) in [5.74, 6) is -1.05. The summed E-state index contributed by atoms with van der Waals surface area (Å²) in [6.45, 7) is 1.84. The summed E-state index contributed by atoms with van der Waals surface area (Å²) in [6, 6.07) is 17.9. The second-order valence-electron chi connectivity index (χ2n) is 8.35. The van der Waals surface area contributed by atoms with Crippen LogP contribution in [0, 0.1) is 0 Å². The van der Waals surface area contributed by atoms with Crippen LogP contribution >= 0.6 is 24.0 Å². The third-order valence-corrected chi connectivity index (χ3v) is 7.20. The van der Waals surface area contributed by atoms with E-state index in [0.29, 0.717) is 11.3 Å². The zero-order valence-electron chi connectivity index (χ0n) is 18.7. The molecule has 0 bridgehead atoms. The molecule has 2 N–H and O–H groups in total. The Hall–Kier alpha value is -3.23. The lowest BCUT2D eigenvalue weighted by Gasteiger charge is -2.13. The Morgan fingerprint density at radius 1 is 1.12 bits per heavy atom. The van der Waals surface area contributed by atoms with Gasteiger partial charge in [-0.2, -0.15) is 17.7 Å². The van der Waals surface area contributed by atoms with E-state index in [4.69, 9.17) is 5.10 Å². The van der Waals surface area contributed by atoms with Crippen molar-refractivity contribution < 1.29 is 9.90 Å². The van der Waals surface area contributed by atoms with Gasteiger partial charge in [-0.05, 0) is 68.0 Å². The van der Waals surface area contributed by atoms with Gasteiger partial charge in [0.05, 0.1) is 21.6 Å². The first-order valence-corrected chi connectivity index (χ1v) is 12.6. The maximum Gasteiger partial charge on any atom is 0.354 e. The molecule has 172 valence electrons. The molecule has 4 aromatic rings. The van der Waals surface area contributed by atoms with Gasteiger partial charge in [-0.25, -0.2) is 14.8 Å². The van der Waals surface area contributed by atoms with Crippen LogP contribution in [0.25, 0.3) is 21.5 Å². The standard InChI is InChI=1S/C26H24N4O2S2/c1-15(33)18-12-13-20(27-24(18)25(31)32)17-11-10-16-6-2-3-7-21(19(16)14-17)29-30-26-28-22-8-4-5-9-23(22)34-26/h4-5,8-15,33H,2-3,6-7H2,1H3,(H,28,30)(H,31,32)/b29-21+. The SMILES string of the molecule is CC(S)c1ccc(-c2ccc3c(c2)/C(=N/Nc2nc4ccccc4s2)CCCC3)nc1C(=O)O. The van der Waals surface area contributed by atoms with Crippen LogP contribution in [0.2, 0.25) is 0 Å². The van der Waals surface area contributed by atoms with Crippen LogP contribution in [-0.4, -0.2) is 26.8 Å². The largest absolute Gasteiger partial charge is 0.477 e. The maximum absolute atomic E-state index is 11.8. The first-order chi connectivity index (χ1) is 16.5. The van der Waals surface area contributed by atoms with Gasteiger partial charge in [0, 0.05) is 16.4 Å². The van der Waals surface area contributed by atoms with Crippen molar-refractivity contribution in [2.75, 3.05) is 5.43 Å². The number of hydrazone groups is 1. The van der Waals surface area contributed by atoms with Crippen molar-refractivity contribution in [1.29, 1.82) is 0 Å². The predicted molar refractivity (Wildman–Crippen MR) is 141 cm³/mol. The highest BCUT2D eigenvalue weighted by atomic mass is 32.1. The van der Waals surface area contributed by atoms with Gasteiger partial charge < -0.3 is 5.11 Å². The Morgan fingerprint density at radius 2 is 1.94 bits per heavy atom. The van der Waals surface area contributed by atoms with Crippen molar-refractivity contribution in [3.8, 4) is 11.3 Å². The molecule has 2 aromatic heterocycles. The number of carbonyl (C=O) groups is 1. The summed E-state index contributed by atoms with van der Waals surface area (Å²) in [5.41, 5.74) is 9.57. The minimum atomic E-state index is -1.05. The highest BCUT2D eigenvalue weighted by molar-refractivity contribution is 7.80. The fourth-order valence-corrected chi connectivity index (χ4v) is 5.27. The van der Waals surface area contributed by atoms with Crippen molar-refractivity contribution in [3.63, 3.8) is 0 Å². The topological polar surface area (TPSA) is 87.5 Å². The number of fused-ring (bicyclic) bond motifs is 2. The number of rotatable bonds is 5. The lowest BCUT2D eigenvalue weighted by atomic mass is 9.97. The molecule has 5 rings (SSSR count). The zero-order valence-corrected chi connectivity index (χ0v) is 20.4. The van der Waals surface area contributed by atoms with Crippen molar-refractivity contribution in [3.05, 3.63) is 77.0 Å². The van der Waals surface area contributed by atoms with Gasteiger partial charge in [-0.15, -0.1) is 0 Å². The molecule has 1 atom stereocenters. The Bertz CT molecular complexity index is 1380. The Kier molecular flexibility index (Phi) is 6.34. The fraction of sp³-hybridized carbons (Fsp3) is 0.231. The molecule has 0 fully saturated rings.